The second-order valence-electron chi connectivity index (χ2n) is 8.25. The number of hydrogen-bond donors (Lipinski definition) is 1. The summed E-state index contributed by atoms with van der Waals surface area (Å²) >= 11 is 1.54. The van der Waals surface area contributed by atoms with E-state index in [2.05, 4.69) is 23.5 Å². The molecule has 5 nitrogen and oxygen atoms in total. The molecule has 6 heteroatoms. The quantitative estimate of drug-likeness (QED) is 0.826. The van der Waals surface area contributed by atoms with Crippen LogP contribution in [0.4, 0.5) is 10.8 Å². The minimum Gasteiger partial charge on any atom is -0.312 e. The lowest BCUT2D eigenvalue weighted by molar-refractivity contribution is -0.120. The molecule has 3 aliphatic rings. The van der Waals surface area contributed by atoms with Gasteiger partial charge in [-0.25, -0.2) is 4.98 Å². The molecule has 0 unspecified atom stereocenters. The molecule has 2 saturated carbocycles. The number of benzene rings is 1. The van der Waals surface area contributed by atoms with Gasteiger partial charge in [-0.05, 0) is 56.7 Å². The van der Waals surface area contributed by atoms with Crippen molar-refractivity contribution in [3.8, 4) is 11.3 Å². The zero-order chi connectivity index (χ0) is 19.3. The van der Waals surface area contributed by atoms with Crippen LogP contribution in [0.5, 0.6) is 0 Å². The topological polar surface area (TPSA) is 62.3 Å². The van der Waals surface area contributed by atoms with E-state index in [9.17, 15) is 9.59 Å². The molecule has 1 N–H and O–H groups in total. The minimum absolute atomic E-state index is 0.112. The van der Waals surface area contributed by atoms with Crippen LogP contribution in [-0.2, 0) is 16.0 Å². The smallest absolute Gasteiger partial charge is 0.230 e. The number of anilines is 2. The van der Waals surface area contributed by atoms with Crippen molar-refractivity contribution in [3.63, 3.8) is 0 Å². The first-order valence-electron chi connectivity index (χ1n) is 10.3. The summed E-state index contributed by atoms with van der Waals surface area (Å²) in [6.07, 6.45) is 7.25. The third-order valence-corrected chi connectivity index (χ3v) is 7.08. The lowest BCUT2D eigenvalue weighted by atomic mass is 10.1. The lowest BCUT2D eigenvalue weighted by Gasteiger charge is -2.17. The van der Waals surface area contributed by atoms with Crippen molar-refractivity contribution >= 4 is 34.0 Å². The van der Waals surface area contributed by atoms with Crippen molar-refractivity contribution in [2.75, 3.05) is 16.8 Å². The summed E-state index contributed by atoms with van der Waals surface area (Å²) in [4.78, 5) is 32.6. The van der Waals surface area contributed by atoms with E-state index in [1.54, 1.807) is 0 Å². The van der Waals surface area contributed by atoms with Crippen LogP contribution in [0.15, 0.2) is 18.2 Å². The Hall–Kier alpha value is -2.21. The van der Waals surface area contributed by atoms with E-state index >= 15 is 0 Å². The molecule has 2 fully saturated rings. The highest BCUT2D eigenvalue weighted by atomic mass is 32.1. The number of fused-ring (bicyclic) bond motifs is 1. The minimum atomic E-state index is 0.112. The Kier molecular flexibility index (Phi) is 4.46. The number of amides is 2. The molecule has 0 radical (unpaired) electrons. The van der Waals surface area contributed by atoms with Gasteiger partial charge in [0, 0.05) is 34.5 Å². The van der Waals surface area contributed by atoms with E-state index in [0.29, 0.717) is 5.13 Å². The third kappa shape index (κ3) is 3.24. The van der Waals surface area contributed by atoms with Crippen molar-refractivity contribution in [1.29, 1.82) is 0 Å². The predicted molar refractivity (Wildman–Crippen MR) is 112 cm³/mol. The van der Waals surface area contributed by atoms with Gasteiger partial charge in [0.25, 0.3) is 0 Å². The Balaban J connectivity index is 1.36. The van der Waals surface area contributed by atoms with Gasteiger partial charge in [0.05, 0.1) is 5.69 Å². The van der Waals surface area contributed by atoms with Crippen LogP contribution in [0, 0.1) is 18.8 Å². The van der Waals surface area contributed by atoms with Crippen molar-refractivity contribution in [2.45, 2.75) is 51.9 Å². The number of hydrogen-bond acceptors (Lipinski definition) is 4. The van der Waals surface area contributed by atoms with Gasteiger partial charge < -0.3 is 10.2 Å². The zero-order valence-electron chi connectivity index (χ0n) is 16.2. The van der Waals surface area contributed by atoms with Crippen LogP contribution in [0.25, 0.3) is 11.3 Å². The number of carbonyl (C=O) groups excluding carboxylic acids is 2. The second kappa shape index (κ2) is 6.99. The number of aryl methyl sites for hydroxylation is 1. The first kappa shape index (κ1) is 17.9. The number of nitrogens with zero attached hydrogens (tertiary/aromatic N) is 2. The van der Waals surface area contributed by atoms with Gasteiger partial charge in [-0.3, -0.25) is 9.59 Å². The van der Waals surface area contributed by atoms with E-state index in [1.165, 1.54) is 16.9 Å². The number of thiazole rings is 1. The molecule has 0 atom stereocenters. The molecular formula is C22H25N3O2S. The molecule has 28 heavy (non-hydrogen) atoms. The van der Waals surface area contributed by atoms with Gasteiger partial charge in [-0.1, -0.05) is 18.9 Å². The monoisotopic (exact) mass is 395 g/mol. The average Bonchev–Trinajstić information content (AvgIpc) is 3.08. The van der Waals surface area contributed by atoms with Crippen LogP contribution in [-0.4, -0.2) is 23.3 Å². The number of carbonyl (C=O) groups is 2. The molecule has 2 heterocycles. The Morgan fingerprint density at radius 3 is 2.68 bits per heavy atom. The highest BCUT2D eigenvalue weighted by Crippen LogP contribution is 2.39. The number of aromatic nitrogens is 1. The Labute approximate surface area is 169 Å². The van der Waals surface area contributed by atoms with Crippen LogP contribution >= 0.6 is 11.3 Å². The maximum atomic E-state index is 12.5. The molecule has 0 spiro atoms. The maximum absolute atomic E-state index is 12.5. The summed E-state index contributed by atoms with van der Waals surface area (Å²) in [5, 5.41) is 3.71. The van der Waals surface area contributed by atoms with E-state index < -0.39 is 0 Å². The first-order chi connectivity index (χ1) is 13.6. The summed E-state index contributed by atoms with van der Waals surface area (Å²) in [6.45, 7) is 2.83. The predicted octanol–water partition coefficient (Wildman–Crippen LogP) is 4.55. The summed E-state index contributed by atoms with van der Waals surface area (Å²) < 4.78 is 0. The van der Waals surface area contributed by atoms with Crippen LogP contribution < -0.4 is 10.2 Å². The molecule has 1 aromatic carbocycles. The molecule has 1 aliphatic heterocycles. The van der Waals surface area contributed by atoms with E-state index in [0.717, 1.165) is 73.3 Å². The fourth-order valence-corrected chi connectivity index (χ4v) is 5.28. The Morgan fingerprint density at radius 1 is 1.14 bits per heavy atom. The fraction of sp³-hybridized carbons (Fsp3) is 0.500. The zero-order valence-corrected chi connectivity index (χ0v) is 17.0. The fourth-order valence-electron chi connectivity index (χ4n) is 4.44. The van der Waals surface area contributed by atoms with Gasteiger partial charge in [0.15, 0.2) is 5.13 Å². The lowest BCUT2D eigenvalue weighted by Crippen LogP contribution is -2.30. The van der Waals surface area contributed by atoms with Gasteiger partial charge in [-0.2, -0.15) is 0 Å². The van der Waals surface area contributed by atoms with Crippen LogP contribution in [0.1, 0.15) is 49.0 Å². The average molecular weight is 396 g/mol. The van der Waals surface area contributed by atoms with Gasteiger partial charge in [0.2, 0.25) is 11.8 Å². The van der Waals surface area contributed by atoms with Crippen molar-refractivity contribution in [3.05, 3.63) is 28.6 Å². The summed E-state index contributed by atoms with van der Waals surface area (Å²) in [5.41, 5.74) is 4.27. The number of nitrogens with one attached hydrogen (secondary N) is 1. The molecular weight excluding hydrogens is 370 g/mol. The van der Waals surface area contributed by atoms with Crippen molar-refractivity contribution < 1.29 is 9.59 Å². The molecule has 2 amide bonds. The molecule has 2 aromatic rings. The van der Waals surface area contributed by atoms with Crippen molar-refractivity contribution in [1.82, 2.24) is 4.98 Å². The Morgan fingerprint density at radius 2 is 1.93 bits per heavy atom. The van der Waals surface area contributed by atoms with Gasteiger partial charge in [-0.15, -0.1) is 11.3 Å². The summed E-state index contributed by atoms with van der Waals surface area (Å²) in [5.74, 6) is 0.786. The Bertz CT molecular complexity index is 941. The first-order valence-corrected chi connectivity index (χ1v) is 11.1. The van der Waals surface area contributed by atoms with Crippen LogP contribution in [0.3, 0.4) is 0 Å². The molecule has 1 aromatic heterocycles. The van der Waals surface area contributed by atoms with E-state index in [1.807, 2.05) is 11.8 Å². The van der Waals surface area contributed by atoms with E-state index in [-0.39, 0.29) is 23.7 Å². The summed E-state index contributed by atoms with van der Waals surface area (Å²) in [6, 6.07) is 6.29. The summed E-state index contributed by atoms with van der Waals surface area (Å²) in [7, 11) is 0. The third-order valence-electron chi connectivity index (χ3n) is 6.19. The van der Waals surface area contributed by atoms with Gasteiger partial charge in [0.1, 0.15) is 0 Å². The van der Waals surface area contributed by atoms with Crippen molar-refractivity contribution in [2.24, 2.45) is 11.8 Å². The normalized spacial score (nSPS) is 19.1. The molecule has 2 aliphatic carbocycles. The van der Waals surface area contributed by atoms with Crippen LogP contribution in [0.2, 0.25) is 0 Å². The maximum Gasteiger partial charge on any atom is 0.230 e. The number of rotatable bonds is 4. The highest BCUT2D eigenvalue weighted by molar-refractivity contribution is 7.16. The molecule has 146 valence electrons. The molecule has 5 rings (SSSR count). The largest absolute Gasteiger partial charge is 0.312 e. The molecule has 0 saturated heterocycles. The standard InChI is InChI=1S/C22H25N3O2S/c1-13-19(23-22(28-13)24-20(26)14-4-2-3-5-14)17-8-9-18-16(12-17)10-11-25(18)21(27)15-6-7-15/h8-9,12,14-15H,2-7,10-11H2,1H3,(H,23,24,26). The van der Waals surface area contributed by atoms with E-state index in [4.69, 9.17) is 4.98 Å². The second-order valence-corrected chi connectivity index (χ2v) is 9.46. The SMILES string of the molecule is Cc1sc(NC(=O)C2CCCC2)nc1-c1ccc2c(c1)CCN2C(=O)C1CC1. The molecule has 0 bridgehead atoms. The highest BCUT2D eigenvalue weighted by Gasteiger charge is 2.36. The van der Waals surface area contributed by atoms with Gasteiger partial charge >= 0.3 is 0 Å².